The number of ether oxygens (including phenoxy) is 1. The zero-order valence-corrected chi connectivity index (χ0v) is 4.38. The average molecular weight is 113 g/mol. The van der Waals surface area contributed by atoms with E-state index in [0.717, 1.165) is 12.2 Å². The molecule has 1 radical (unpaired) electrons. The van der Waals surface area contributed by atoms with Crippen LogP contribution in [0.15, 0.2) is 12.2 Å². The molecule has 0 atom stereocenters. The molecule has 0 saturated carbocycles. The first-order valence-corrected chi connectivity index (χ1v) is 1.73. The molecule has 0 aromatic heterocycles. The van der Waals surface area contributed by atoms with Gasteiger partial charge in [-0.3, -0.25) is 0 Å². The molecule has 0 N–H and O–H groups in total. The summed E-state index contributed by atoms with van der Waals surface area (Å²) in [5.41, 5.74) is 0. The van der Waals surface area contributed by atoms with Crippen molar-refractivity contribution in [2.24, 2.45) is 0 Å². The Hall–Kier alpha value is -1.12. The highest BCUT2D eigenvalue weighted by molar-refractivity contribution is 6.04. The van der Waals surface area contributed by atoms with Crippen molar-refractivity contribution in [1.29, 1.82) is 0 Å². The standard InChI is InChI=1S/C4H2O3.CH3/c5-3-1-2-4(6)7-3;/h1-2H;1H3. The molecule has 1 aliphatic heterocycles. The molecule has 0 aromatic rings. The molecule has 1 aliphatic rings. The third-order valence-electron chi connectivity index (χ3n) is 0.557. The van der Waals surface area contributed by atoms with Crippen LogP contribution in [0.4, 0.5) is 0 Å². The van der Waals surface area contributed by atoms with E-state index in [-0.39, 0.29) is 7.43 Å². The number of hydrogen-bond acceptors (Lipinski definition) is 3. The van der Waals surface area contributed by atoms with Crippen molar-refractivity contribution in [3.05, 3.63) is 19.6 Å². The van der Waals surface area contributed by atoms with E-state index in [1.165, 1.54) is 0 Å². The summed E-state index contributed by atoms with van der Waals surface area (Å²) in [6.07, 6.45) is 2.17. The van der Waals surface area contributed by atoms with Crippen molar-refractivity contribution >= 4 is 11.9 Å². The monoisotopic (exact) mass is 113 g/mol. The largest absolute Gasteiger partial charge is 0.387 e. The lowest BCUT2D eigenvalue weighted by atomic mass is 10.6. The fourth-order valence-corrected chi connectivity index (χ4v) is 0.303. The van der Waals surface area contributed by atoms with E-state index in [2.05, 4.69) is 4.74 Å². The second-order valence-electron chi connectivity index (χ2n) is 1.07. The topological polar surface area (TPSA) is 43.4 Å². The number of rotatable bonds is 0. The number of cyclic esters (lactones) is 2. The quantitative estimate of drug-likeness (QED) is 0.330. The molecule has 0 unspecified atom stereocenters. The summed E-state index contributed by atoms with van der Waals surface area (Å²) >= 11 is 0. The van der Waals surface area contributed by atoms with Crippen molar-refractivity contribution in [2.75, 3.05) is 0 Å². The third-order valence-corrected chi connectivity index (χ3v) is 0.557. The molecule has 3 heteroatoms. The van der Waals surface area contributed by atoms with Crippen LogP contribution >= 0.6 is 0 Å². The van der Waals surface area contributed by atoms with Crippen LogP contribution in [-0.4, -0.2) is 11.9 Å². The molecule has 1 rings (SSSR count). The van der Waals surface area contributed by atoms with Crippen molar-refractivity contribution in [3.8, 4) is 0 Å². The molecule has 0 bridgehead atoms. The summed E-state index contributed by atoms with van der Waals surface area (Å²) in [5, 5.41) is 0. The van der Waals surface area contributed by atoms with Gasteiger partial charge in [0.25, 0.3) is 0 Å². The Kier molecular flexibility index (Phi) is 1.94. The van der Waals surface area contributed by atoms with Gasteiger partial charge in [-0.1, -0.05) is 7.43 Å². The molecule has 43 valence electrons. The third kappa shape index (κ3) is 1.18. The second-order valence-corrected chi connectivity index (χ2v) is 1.07. The van der Waals surface area contributed by atoms with Gasteiger partial charge in [-0.2, -0.15) is 0 Å². The van der Waals surface area contributed by atoms with Crippen molar-refractivity contribution in [1.82, 2.24) is 0 Å². The molecular weight excluding hydrogens is 108 g/mol. The van der Waals surface area contributed by atoms with E-state index in [4.69, 9.17) is 0 Å². The SMILES string of the molecule is O=C1C=CC(=O)O1.[CH3]. The van der Waals surface area contributed by atoms with Crippen molar-refractivity contribution < 1.29 is 14.3 Å². The van der Waals surface area contributed by atoms with Gasteiger partial charge in [-0.05, 0) is 0 Å². The first-order valence-electron chi connectivity index (χ1n) is 1.73. The van der Waals surface area contributed by atoms with Gasteiger partial charge in [-0.25, -0.2) is 9.59 Å². The molecular formula is C5H5O3. The summed E-state index contributed by atoms with van der Waals surface area (Å²) in [7, 11) is 0. The molecule has 0 spiro atoms. The number of carbonyl (C=O) groups excluding carboxylic acids is 2. The predicted molar refractivity (Wildman–Crippen MR) is 26.7 cm³/mol. The first-order chi connectivity index (χ1) is 3.29. The Morgan fingerprint density at radius 3 is 1.62 bits per heavy atom. The van der Waals surface area contributed by atoms with Gasteiger partial charge < -0.3 is 4.74 Å². The minimum atomic E-state index is -0.579. The molecule has 0 aliphatic carbocycles. The van der Waals surface area contributed by atoms with E-state index in [1.807, 2.05) is 0 Å². The fourth-order valence-electron chi connectivity index (χ4n) is 0.303. The maximum absolute atomic E-state index is 9.92. The van der Waals surface area contributed by atoms with Gasteiger partial charge in [0.1, 0.15) is 0 Å². The van der Waals surface area contributed by atoms with Crippen LogP contribution in [0.1, 0.15) is 0 Å². The van der Waals surface area contributed by atoms with Gasteiger partial charge in [0.05, 0.1) is 0 Å². The van der Waals surface area contributed by atoms with E-state index in [1.54, 1.807) is 0 Å². The lowest BCUT2D eigenvalue weighted by Crippen LogP contribution is -1.96. The Morgan fingerprint density at radius 2 is 1.50 bits per heavy atom. The summed E-state index contributed by atoms with van der Waals surface area (Å²) in [6.45, 7) is 0. The molecule has 8 heavy (non-hydrogen) atoms. The van der Waals surface area contributed by atoms with E-state index in [0.29, 0.717) is 0 Å². The molecule has 0 amide bonds. The van der Waals surface area contributed by atoms with Crippen LogP contribution in [0.2, 0.25) is 0 Å². The predicted octanol–water partition coefficient (Wildman–Crippen LogP) is 0.0763. The van der Waals surface area contributed by atoms with Gasteiger partial charge in [0.15, 0.2) is 0 Å². The van der Waals surface area contributed by atoms with Crippen LogP contribution in [0, 0.1) is 7.43 Å². The normalized spacial score (nSPS) is 15.5. The number of carbonyl (C=O) groups is 2. The smallest absolute Gasteiger partial charge is 0.338 e. The van der Waals surface area contributed by atoms with Gasteiger partial charge in [0.2, 0.25) is 0 Å². The van der Waals surface area contributed by atoms with Gasteiger partial charge >= 0.3 is 11.9 Å². The fraction of sp³-hybridized carbons (Fsp3) is 0. The average Bonchev–Trinajstić information content (AvgIpc) is 1.87. The highest BCUT2D eigenvalue weighted by Crippen LogP contribution is 1.92. The van der Waals surface area contributed by atoms with Crippen LogP contribution in [0.3, 0.4) is 0 Å². The minimum Gasteiger partial charge on any atom is -0.387 e. The molecule has 0 saturated heterocycles. The molecule has 1 heterocycles. The molecule has 3 nitrogen and oxygen atoms in total. The van der Waals surface area contributed by atoms with Crippen LogP contribution in [-0.2, 0) is 14.3 Å². The Bertz CT molecular complexity index is 130. The van der Waals surface area contributed by atoms with Crippen molar-refractivity contribution in [2.45, 2.75) is 0 Å². The van der Waals surface area contributed by atoms with Gasteiger partial charge in [-0.15, -0.1) is 0 Å². The lowest BCUT2D eigenvalue weighted by molar-refractivity contribution is -0.150. The lowest BCUT2D eigenvalue weighted by Gasteiger charge is -1.80. The van der Waals surface area contributed by atoms with Crippen LogP contribution in [0.5, 0.6) is 0 Å². The maximum atomic E-state index is 9.92. The highest BCUT2D eigenvalue weighted by Gasteiger charge is 2.10. The van der Waals surface area contributed by atoms with Gasteiger partial charge in [0, 0.05) is 12.2 Å². The zero-order valence-electron chi connectivity index (χ0n) is 4.38. The minimum absolute atomic E-state index is 0. The van der Waals surface area contributed by atoms with E-state index >= 15 is 0 Å². The number of hydrogen-bond donors (Lipinski definition) is 0. The summed E-state index contributed by atoms with van der Waals surface area (Å²) < 4.78 is 3.97. The van der Waals surface area contributed by atoms with Crippen LogP contribution < -0.4 is 0 Å². The maximum Gasteiger partial charge on any atom is 0.338 e. The van der Waals surface area contributed by atoms with E-state index < -0.39 is 11.9 Å². The summed E-state index contributed by atoms with van der Waals surface area (Å²) in [6, 6.07) is 0. The second kappa shape index (κ2) is 2.26. The van der Waals surface area contributed by atoms with Crippen LogP contribution in [0.25, 0.3) is 0 Å². The molecule has 0 fully saturated rings. The van der Waals surface area contributed by atoms with Crippen molar-refractivity contribution in [3.63, 3.8) is 0 Å². The summed E-state index contributed by atoms with van der Waals surface area (Å²) in [5.74, 6) is -1.16. The summed E-state index contributed by atoms with van der Waals surface area (Å²) in [4.78, 5) is 19.8. The first kappa shape index (κ1) is 6.88. The zero-order chi connectivity index (χ0) is 5.28. The highest BCUT2D eigenvalue weighted by atomic mass is 16.6. The Balaban J connectivity index is 0.000000490. The number of esters is 2. The molecule has 0 aromatic carbocycles. The Morgan fingerprint density at radius 1 is 1.12 bits per heavy atom. The van der Waals surface area contributed by atoms with E-state index in [9.17, 15) is 9.59 Å². The Labute approximate surface area is 46.9 Å².